The average molecular weight is 627 g/mol. The third-order valence-electron chi connectivity index (χ3n) is 6.30. The summed E-state index contributed by atoms with van der Waals surface area (Å²) < 4.78 is 0. The van der Waals surface area contributed by atoms with Crippen molar-refractivity contribution in [2.24, 2.45) is 5.92 Å². The molecule has 8 heteroatoms. The maximum absolute atomic E-state index is 12.8. The van der Waals surface area contributed by atoms with Gasteiger partial charge in [0.2, 0.25) is 5.91 Å². The number of rotatable bonds is 10. The Labute approximate surface area is 272 Å². The Hall–Kier alpha value is -3.42. The van der Waals surface area contributed by atoms with E-state index in [-0.39, 0.29) is 30.2 Å². The molecule has 4 rings (SSSR count). The molecule has 44 heavy (non-hydrogen) atoms. The summed E-state index contributed by atoms with van der Waals surface area (Å²) in [4.78, 5) is 16.1. The normalized spacial score (nSPS) is 16.1. The zero-order valence-electron chi connectivity index (χ0n) is 28.8. The summed E-state index contributed by atoms with van der Waals surface area (Å²) in [6.07, 6.45) is 8.17. The zero-order valence-corrected chi connectivity index (χ0v) is 29.5. The first-order valence-corrected chi connectivity index (χ1v) is 16.8. The fraction of sp³-hybridized carbons (Fsp3) is 0.472. The lowest BCUT2D eigenvalue weighted by Gasteiger charge is -2.31. The maximum atomic E-state index is 12.8. The van der Waals surface area contributed by atoms with Gasteiger partial charge in [-0.3, -0.25) is 10.1 Å². The predicted molar refractivity (Wildman–Crippen MR) is 195 cm³/mol. The van der Waals surface area contributed by atoms with Crippen LogP contribution in [0.15, 0.2) is 78.7 Å². The quantitative estimate of drug-likeness (QED) is 0.135. The number of anilines is 2. The minimum Gasteiger partial charge on any atom is -0.389 e. The van der Waals surface area contributed by atoms with E-state index < -0.39 is 0 Å². The second-order valence-corrected chi connectivity index (χ2v) is 9.99. The largest absolute Gasteiger partial charge is 0.389 e. The maximum Gasteiger partial charge on any atom is 0.227 e. The molecule has 2 aromatic carbocycles. The Bertz CT molecular complexity index is 1220. The number of carbonyl (C=O) groups is 1. The fourth-order valence-corrected chi connectivity index (χ4v) is 4.61. The summed E-state index contributed by atoms with van der Waals surface area (Å²) in [6, 6.07) is 15.9. The van der Waals surface area contributed by atoms with Crippen LogP contribution in [0.1, 0.15) is 100 Å². The molecule has 7 nitrogen and oxygen atoms in total. The summed E-state index contributed by atoms with van der Waals surface area (Å²) in [7, 11) is 0. The average Bonchev–Trinajstić information content (AvgIpc) is 3.49. The van der Waals surface area contributed by atoms with Crippen molar-refractivity contribution in [3.05, 3.63) is 84.3 Å². The SMILES string of the molecule is C=CN[C@@H](CC)CC(C)C(=O)Nc1cccc(NC2NC=C(Cl)C(c3c[nH]c4ccccc34)N2)c1.CC.CC.CC.CCC. The third-order valence-corrected chi connectivity index (χ3v) is 6.63. The van der Waals surface area contributed by atoms with E-state index in [0.29, 0.717) is 5.03 Å². The Morgan fingerprint density at radius 1 is 1.00 bits per heavy atom. The van der Waals surface area contributed by atoms with Crippen LogP contribution in [0.3, 0.4) is 0 Å². The van der Waals surface area contributed by atoms with Crippen molar-refractivity contribution in [3.63, 3.8) is 0 Å². The number of benzene rings is 2. The number of aromatic amines is 1. The van der Waals surface area contributed by atoms with Gasteiger partial charge in [-0.15, -0.1) is 0 Å². The number of hydrogen-bond acceptors (Lipinski definition) is 5. The Balaban J connectivity index is 0.00000187. The van der Waals surface area contributed by atoms with Crippen molar-refractivity contribution >= 4 is 39.8 Å². The smallest absolute Gasteiger partial charge is 0.227 e. The van der Waals surface area contributed by atoms with Gasteiger partial charge < -0.3 is 26.3 Å². The summed E-state index contributed by atoms with van der Waals surface area (Å²) in [5.74, 6) is -0.135. The molecule has 0 saturated carbocycles. The first-order valence-electron chi connectivity index (χ1n) is 16.4. The van der Waals surface area contributed by atoms with Gasteiger partial charge >= 0.3 is 0 Å². The van der Waals surface area contributed by atoms with Gasteiger partial charge in [0.15, 0.2) is 6.29 Å². The standard InChI is InChI=1S/C27H33ClN6O.C3H8.3C2H6/c1-4-18(29-5-2)13-17(3)26(35)32-19-9-8-10-20(14-19)33-27-31-16-23(28)25(34-27)22-15-30-24-12-7-6-11-21(22)24;1-3-2;3*1-2/h5-12,14-18,25,27,29-31,33-34H,2,4,13H2,1,3H3,(H,32,35);3H2,1-2H3;3*1-2H3/t17?,18-,25?,27?;;;;/m0..../s1. The van der Waals surface area contributed by atoms with Gasteiger partial charge in [0.25, 0.3) is 0 Å². The minimum absolute atomic E-state index is 0.00510. The number of fused-ring (bicyclic) bond motifs is 1. The molecule has 246 valence electrons. The molecule has 6 N–H and O–H groups in total. The van der Waals surface area contributed by atoms with E-state index in [2.05, 4.69) is 65.0 Å². The van der Waals surface area contributed by atoms with Crippen molar-refractivity contribution in [3.8, 4) is 0 Å². The van der Waals surface area contributed by atoms with Crippen molar-refractivity contribution in [2.45, 2.75) is 107 Å². The van der Waals surface area contributed by atoms with Crippen LogP contribution in [0.2, 0.25) is 0 Å². The highest BCUT2D eigenvalue weighted by Gasteiger charge is 2.26. The molecule has 1 aromatic heterocycles. The van der Waals surface area contributed by atoms with E-state index in [1.807, 2.05) is 103 Å². The Morgan fingerprint density at radius 3 is 2.27 bits per heavy atom. The van der Waals surface area contributed by atoms with Crippen LogP contribution >= 0.6 is 11.6 Å². The van der Waals surface area contributed by atoms with Gasteiger partial charge in [0.05, 0.1) is 11.1 Å². The van der Waals surface area contributed by atoms with Crippen molar-refractivity contribution in [2.75, 3.05) is 10.6 Å². The predicted octanol–water partition coefficient (Wildman–Crippen LogP) is 9.85. The highest BCUT2D eigenvalue weighted by molar-refractivity contribution is 6.30. The van der Waals surface area contributed by atoms with Crippen LogP contribution < -0.4 is 26.6 Å². The number of amides is 1. The van der Waals surface area contributed by atoms with E-state index in [9.17, 15) is 4.79 Å². The molecule has 0 fully saturated rings. The van der Waals surface area contributed by atoms with Gasteiger partial charge in [-0.25, -0.2) is 0 Å². The van der Waals surface area contributed by atoms with Crippen LogP contribution in [-0.4, -0.2) is 23.2 Å². The first-order chi connectivity index (χ1) is 21.4. The highest BCUT2D eigenvalue weighted by Crippen LogP contribution is 2.32. The molecule has 0 radical (unpaired) electrons. The second kappa shape index (κ2) is 24.0. The number of aromatic nitrogens is 1. The molecule has 3 aromatic rings. The van der Waals surface area contributed by atoms with Crippen molar-refractivity contribution in [1.29, 1.82) is 0 Å². The van der Waals surface area contributed by atoms with Gasteiger partial charge in [0, 0.05) is 46.6 Å². The highest BCUT2D eigenvalue weighted by atomic mass is 35.5. The third kappa shape index (κ3) is 13.1. The monoisotopic (exact) mass is 626 g/mol. The van der Waals surface area contributed by atoms with Crippen LogP contribution in [0, 0.1) is 5.92 Å². The second-order valence-electron chi connectivity index (χ2n) is 9.55. The number of carbonyl (C=O) groups excluding carboxylic acids is 1. The van der Waals surface area contributed by atoms with Crippen LogP contribution in [0.5, 0.6) is 0 Å². The number of para-hydroxylation sites is 1. The molecule has 3 unspecified atom stereocenters. The molecule has 4 atom stereocenters. The van der Waals surface area contributed by atoms with Crippen molar-refractivity contribution in [1.82, 2.24) is 20.9 Å². The van der Waals surface area contributed by atoms with E-state index >= 15 is 0 Å². The lowest BCUT2D eigenvalue weighted by Crippen LogP contribution is -2.50. The van der Waals surface area contributed by atoms with Gasteiger partial charge in [-0.1, -0.05) is 118 Å². The fourth-order valence-electron chi connectivity index (χ4n) is 4.37. The number of nitrogens with one attached hydrogen (secondary N) is 6. The molecular weight excluding hydrogens is 568 g/mol. The number of halogens is 1. The summed E-state index contributed by atoms with van der Waals surface area (Å²) >= 11 is 6.56. The topological polar surface area (TPSA) is 93.0 Å². The van der Waals surface area contributed by atoms with Crippen molar-refractivity contribution < 1.29 is 4.79 Å². The van der Waals surface area contributed by atoms with Gasteiger partial charge in [-0.2, -0.15) is 0 Å². The van der Waals surface area contributed by atoms with Crippen LogP contribution in [0.4, 0.5) is 11.4 Å². The van der Waals surface area contributed by atoms with Crippen LogP contribution in [0.25, 0.3) is 10.9 Å². The zero-order chi connectivity index (χ0) is 33.5. The van der Waals surface area contributed by atoms with Crippen LogP contribution in [-0.2, 0) is 4.79 Å². The minimum atomic E-state index is -0.253. The van der Waals surface area contributed by atoms with E-state index in [0.717, 1.165) is 40.7 Å². The molecule has 0 bridgehead atoms. The Kier molecular flexibility index (Phi) is 22.1. The van der Waals surface area contributed by atoms with Gasteiger partial charge in [0.1, 0.15) is 0 Å². The Morgan fingerprint density at radius 2 is 1.64 bits per heavy atom. The molecule has 0 saturated heterocycles. The van der Waals surface area contributed by atoms with E-state index in [4.69, 9.17) is 11.6 Å². The molecule has 0 aliphatic carbocycles. The van der Waals surface area contributed by atoms with Gasteiger partial charge in [-0.05, 0) is 48.9 Å². The summed E-state index contributed by atoms with van der Waals surface area (Å²) in [5, 5.41) is 18.3. The summed E-state index contributed by atoms with van der Waals surface area (Å²) in [5.41, 5.74) is 3.76. The first kappa shape index (κ1) is 40.6. The molecular formula is C36H59ClN6O. The molecule has 2 heterocycles. The lowest BCUT2D eigenvalue weighted by molar-refractivity contribution is -0.119. The number of hydrogen-bond donors (Lipinski definition) is 6. The molecule has 1 amide bonds. The van der Waals surface area contributed by atoms with E-state index in [1.54, 1.807) is 6.20 Å². The van der Waals surface area contributed by atoms with E-state index in [1.165, 1.54) is 6.42 Å². The molecule has 1 aliphatic rings. The molecule has 0 spiro atoms. The summed E-state index contributed by atoms with van der Waals surface area (Å²) in [6.45, 7) is 24.0. The number of H-pyrrole nitrogens is 1. The lowest BCUT2D eigenvalue weighted by atomic mass is 9.99. The molecule has 1 aliphatic heterocycles.